The highest BCUT2D eigenvalue weighted by atomic mass is 16.6. The molecule has 2 fully saturated rings. The highest BCUT2D eigenvalue weighted by Gasteiger charge is 2.27. The number of ether oxygens (including phenoxy) is 1. The number of piperidine rings is 1. The molecule has 0 spiro atoms. The Kier molecular flexibility index (Phi) is 9.39. The molecule has 0 aromatic rings. The van der Waals surface area contributed by atoms with E-state index in [0.717, 1.165) is 51.7 Å². The van der Waals surface area contributed by atoms with Crippen molar-refractivity contribution in [1.82, 2.24) is 20.4 Å². The zero-order valence-electron chi connectivity index (χ0n) is 19.2. The number of nitrogens with one attached hydrogen (secondary N) is 2. The number of carbonyl (C=O) groups is 3. The molecule has 0 bridgehead atoms. The van der Waals surface area contributed by atoms with Crippen LogP contribution >= 0.6 is 0 Å². The van der Waals surface area contributed by atoms with Crippen LogP contribution in [0.2, 0.25) is 0 Å². The van der Waals surface area contributed by atoms with Crippen molar-refractivity contribution in [2.45, 2.75) is 90.3 Å². The van der Waals surface area contributed by atoms with Crippen molar-refractivity contribution in [3.8, 4) is 0 Å². The van der Waals surface area contributed by atoms with Gasteiger partial charge < -0.3 is 20.3 Å². The lowest BCUT2D eigenvalue weighted by molar-refractivity contribution is -0.132. The summed E-state index contributed by atoms with van der Waals surface area (Å²) in [4.78, 5) is 40.7. The third kappa shape index (κ3) is 8.50. The Morgan fingerprint density at radius 3 is 2.43 bits per heavy atom. The van der Waals surface area contributed by atoms with E-state index in [2.05, 4.69) is 22.5 Å². The predicted molar refractivity (Wildman–Crippen MR) is 116 cm³/mol. The molecule has 8 nitrogen and oxygen atoms in total. The lowest BCUT2D eigenvalue weighted by Crippen LogP contribution is -2.48. The zero-order chi connectivity index (χ0) is 22.1. The van der Waals surface area contributed by atoms with Gasteiger partial charge in [-0.05, 0) is 59.9 Å². The van der Waals surface area contributed by atoms with Crippen molar-refractivity contribution < 1.29 is 19.1 Å². The molecular weight excluding hydrogens is 384 g/mol. The summed E-state index contributed by atoms with van der Waals surface area (Å²) in [6.45, 7) is 11.0. The molecule has 3 amide bonds. The summed E-state index contributed by atoms with van der Waals surface area (Å²) >= 11 is 0. The highest BCUT2D eigenvalue weighted by molar-refractivity contribution is 5.77. The summed E-state index contributed by atoms with van der Waals surface area (Å²) < 4.78 is 5.16. The molecule has 0 aromatic carbocycles. The Morgan fingerprint density at radius 1 is 1.00 bits per heavy atom. The van der Waals surface area contributed by atoms with E-state index < -0.39 is 11.7 Å². The molecule has 2 aliphatic heterocycles. The average molecular weight is 425 g/mol. The van der Waals surface area contributed by atoms with E-state index >= 15 is 0 Å². The molecule has 0 aliphatic carbocycles. The van der Waals surface area contributed by atoms with E-state index in [1.807, 2.05) is 4.90 Å². The number of carbonyl (C=O) groups excluding carboxylic acids is 3. The maximum Gasteiger partial charge on any atom is 0.407 e. The molecule has 0 radical (unpaired) electrons. The Morgan fingerprint density at radius 2 is 1.77 bits per heavy atom. The minimum atomic E-state index is -0.551. The summed E-state index contributed by atoms with van der Waals surface area (Å²) in [6.07, 6.45) is 5.79. The lowest BCUT2D eigenvalue weighted by Gasteiger charge is -2.36. The van der Waals surface area contributed by atoms with Crippen molar-refractivity contribution in [2.75, 3.05) is 32.7 Å². The Labute approximate surface area is 181 Å². The van der Waals surface area contributed by atoms with Gasteiger partial charge in [0.05, 0.1) is 0 Å². The molecule has 0 aromatic heterocycles. The molecule has 2 rings (SSSR count). The molecule has 2 aliphatic rings. The largest absolute Gasteiger partial charge is 0.444 e. The molecule has 2 unspecified atom stereocenters. The van der Waals surface area contributed by atoms with Crippen LogP contribution in [0.15, 0.2) is 0 Å². The fourth-order valence-corrected chi connectivity index (χ4v) is 4.18. The van der Waals surface area contributed by atoms with E-state index in [4.69, 9.17) is 4.74 Å². The van der Waals surface area contributed by atoms with Gasteiger partial charge in [-0.2, -0.15) is 0 Å². The third-order valence-electron chi connectivity index (χ3n) is 5.79. The van der Waals surface area contributed by atoms with Gasteiger partial charge in [0.2, 0.25) is 11.8 Å². The number of likely N-dealkylation sites (tertiary alicyclic amines) is 2. The number of rotatable bonds is 8. The van der Waals surface area contributed by atoms with Gasteiger partial charge in [-0.3, -0.25) is 14.5 Å². The van der Waals surface area contributed by atoms with Crippen LogP contribution < -0.4 is 10.6 Å². The van der Waals surface area contributed by atoms with Gasteiger partial charge in [-0.1, -0.05) is 6.42 Å². The Bertz CT molecular complexity index is 590. The maximum absolute atomic E-state index is 12.5. The fraction of sp³-hybridized carbons (Fsp3) is 0.864. The van der Waals surface area contributed by atoms with E-state index in [1.165, 1.54) is 0 Å². The SMILES string of the molecule is CC1CCCN1C(=O)CCN1CCCCC1CNC(=O)CCNC(=O)OC(C)(C)C. The normalized spacial score (nSPS) is 22.6. The molecule has 2 heterocycles. The monoisotopic (exact) mass is 424 g/mol. The molecular formula is C22H40N4O4. The van der Waals surface area contributed by atoms with Gasteiger partial charge in [0.25, 0.3) is 0 Å². The number of hydrogen-bond donors (Lipinski definition) is 2. The van der Waals surface area contributed by atoms with E-state index in [-0.39, 0.29) is 30.8 Å². The van der Waals surface area contributed by atoms with Gasteiger partial charge >= 0.3 is 6.09 Å². The quantitative estimate of drug-likeness (QED) is 0.624. The van der Waals surface area contributed by atoms with Gasteiger partial charge in [0.1, 0.15) is 5.60 Å². The number of nitrogens with zero attached hydrogens (tertiary/aromatic N) is 2. The van der Waals surface area contributed by atoms with E-state index in [0.29, 0.717) is 19.0 Å². The summed E-state index contributed by atoms with van der Waals surface area (Å²) in [6, 6.07) is 0.633. The third-order valence-corrected chi connectivity index (χ3v) is 5.79. The van der Waals surface area contributed by atoms with Crippen LogP contribution in [0.3, 0.4) is 0 Å². The fourth-order valence-electron chi connectivity index (χ4n) is 4.18. The van der Waals surface area contributed by atoms with Gasteiger partial charge in [-0.15, -0.1) is 0 Å². The van der Waals surface area contributed by atoms with Gasteiger partial charge in [-0.25, -0.2) is 4.79 Å². The average Bonchev–Trinajstić information content (AvgIpc) is 3.09. The lowest BCUT2D eigenvalue weighted by atomic mass is 10.0. The van der Waals surface area contributed by atoms with E-state index in [1.54, 1.807) is 20.8 Å². The molecule has 8 heteroatoms. The van der Waals surface area contributed by atoms with Crippen molar-refractivity contribution in [2.24, 2.45) is 0 Å². The van der Waals surface area contributed by atoms with Gasteiger partial charge in [0.15, 0.2) is 0 Å². The van der Waals surface area contributed by atoms with Crippen molar-refractivity contribution in [3.63, 3.8) is 0 Å². The van der Waals surface area contributed by atoms with Crippen LogP contribution in [0.1, 0.15) is 72.6 Å². The molecule has 2 N–H and O–H groups in total. The van der Waals surface area contributed by atoms with Crippen molar-refractivity contribution >= 4 is 17.9 Å². The maximum atomic E-state index is 12.5. The molecule has 0 saturated carbocycles. The zero-order valence-corrected chi connectivity index (χ0v) is 19.2. The van der Waals surface area contributed by atoms with Crippen LogP contribution in [-0.2, 0) is 14.3 Å². The number of hydrogen-bond acceptors (Lipinski definition) is 5. The molecule has 2 atom stereocenters. The first-order chi connectivity index (χ1) is 14.2. The van der Waals surface area contributed by atoms with Crippen LogP contribution in [0.5, 0.6) is 0 Å². The van der Waals surface area contributed by atoms with Crippen LogP contribution in [0, 0.1) is 0 Å². The molecule has 2 saturated heterocycles. The number of alkyl carbamates (subject to hydrolysis) is 1. The first kappa shape index (κ1) is 24.4. The standard InChI is InChI=1S/C22H40N4O4/c1-17-8-7-14-26(17)20(28)11-15-25-13-6-5-9-18(25)16-24-19(27)10-12-23-21(29)30-22(2,3)4/h17-18H,5-16H2,1-4H3,(H,23,29)(H,24,27). The smallest absolute Gasteiger partial charge is 0.407 e. The highest BCUT2D eigenvalue weighted by Crippen LogP contribution is 2.20. The second-order valence-electron chi connectivity index (χ2n) is 9.50. The Hall–Kier alpha value is -1.83. The topological polar surface area (TPSA) is 91.0 Å². The summed E-state index contributed by atoms with van der Waals surface area (Å²) in [5.41, 5.74) is -0.551. The van der Waals surface area contributed by atoms with Crippen molar-refractivity contribution in [3.05, 3.63) is 0 Å². The van der Waals surface area contributed by atoms with Crippen LogP contribution in [-0.4, -0.2) is 78.1 Å². The second kappa shape index (κ2) is 11.5. The molecule has 172 valence electrons. The Balaban J connectivity index is 1.67. The first-order valence-electron chi connectivity index (χ1n) is 11.4. The summed E-state index contributed by atoms with van der Waals surface area (Å²) in [5, 5.41) is 5.59. The number of amides is 3. The van der Waals surface area contributed by atoms with Crippen molar-refractivity contribution in [1.29, 1.82) is 0 Å². The van der Waals surface area contributed by atoms with Gasteiger partial charge in [0, 0.05) is 51.1 Å². The second-order valence-corrected chi connectivity index (χ2v) is 9.50. The minimum Gasteiger partial charge on any atom is -0.444 e. The van der Waals surface area contributed by atoms with E-state index in [9.17, 15) is 14.4 Å². The minimum absolute atomic E-state index is 0.0847. The first-order valence-corrected chi connectivity index (χ1v) is 11.4. The predicted octanol–water partition coefficient (Wildman–Crippen LogP) is 2.27. The van der Waals surface area contributed by atoms with Crippen LogP contribution in [0.25, 0.3) is 0 Å². The summed E-state index contributed by atoms with van der Waals surface area (Å²) in [7, 11) is 0. The molecule has 30 heavy (non-hydrogen) atoms. The summed E-state index contributed by atoms with van der Waals surface area (Å²) in [5.74, 6) is 0.167. The van der Waals surface area contributed by atoms with Crippen LogP contribution in [0.4, 0.5) is 4.79 Å².